The van der Waals surface area contributed by atoms with Gasteiger partial charge < -0.3 is 4.90 Å². The lowest BCUT2D eigenvalue weighted by molar-refractivity contribution is 0.384. The summed E-state index contributed by atoms with van der Waals surface area (Å²) < 4.78 is 40.2. The van der Waals surface area contributed by atoms with Crippen molar-refractivity contribution < 1.29 is 12.8 Å². The Hall–Kier alpha value is -2.29. The van der Waals surface area contributed by atoms with Gasteiger partial charge in [0.05, 0.1) is 27.1 Å². The third-order valence-electron chi connectivity index (χ3n) is 4.53. The van der Waals surface area contributed by atoms with E-state index in [0.29, 0.717) is 26.2 Å². The van der Waals surface area contributed by atoms with Gasteiger partial charge in [-0.15, -0.1) is 0 Å². The lowest BCUT2D eigenvalue weighted by atomic mass is 10.3. The van der Waals surface area contributed by atoms with Gasteiger partial charge in [0.25, 0.3) is 0 Å². The number of halogens is 2. The van der Waals surface area contributed by atoms with Crippen molar-refractivity contribution in [2.75, 3.05) is 31.1 Å². The molecule has 0 spiro atoms. The van der Waals surface area contributed by atoms with E-state index >= 15 is 0 Å². The molecule has 2 aromatic carbocycles. The Morgan fingerprint density at radius 1 is 1.00 bits per heavy atom. The van der Waals surface area contributed by atoms with E-state index in [-0.39, 0.29) is 9.92 Å². The van der Waals surface area contributed by atoms with Gasteiger partial charge in [0.1, 0.15) is 11.6 Å². The number of para-hydroxylation sites is 2. The van der Waals surface area contributed by atoms with Crippen LogP contribution in [-0.4, -0.2) is 48.9 Å². The molecule has 0 N–H and O–H groups in total. The average molecular weight is 407 g/mol. The summed E-state index contributed by atoms with van der Waals surface area (Å²) >= 11 is 5.73. The molecule has 1 saturated heterocycles. The Kier molecular flexibility index (Phi) is 4.71. The molecule has 0 atom stereocenters. The number of hydrogen-bond donors (Lipinski definition) is 0. The summed E-state index contributed by atoms with van der Waals surface area (Å²) in [7, 11) is -3.72. The molecule has 2 heterocycles. The fourth-order valence-corrected chi connectivity index (χ4v) is 4.74. The summed E-state index contributed by atoms with van der Waals surface area (Å²) in [5, 5.41) is -0.207. The van der Waals surface area contributed by atoms with Crippen LogP contribution in [0.15, 0.2) is 53.6 Å². The first-order valence-corrected chi connectivity index (χ1v) is 10.2. The molecule has 1 fully saturated rings. The topological polar surface area (TPSA) is 66.4 Å². The number of nitrogens with zero attached hydrogens (tertiary/aromatic N) is 4. The summed E-state index contributed by atoms with van der Waals surface area (Å²) in [6.07, 6.45) is 1.70. The fraction of sp³-hybridized carbons (Fsp3) is 0.222. The van der Waals surface area contributed by atoms with Gasteiger partial charge in [-0.3, -0.25) is 4.98 Å². The van der Waals surface area contributed by atoms with Gasteiger partial charge in [-0.05, 0) is 30.3 Å². The maximum Gasteiger partial charge on any atom is 0.243 e. The predicted octanol–water partition coefficient (Wildman–Crippen LogP) is 2.93. The molecule has 6 nitrogen and oxygen atoms in total. The second kappa shape index (κ2) is 7.03. The van der Waals surface area contributed by atoms with Crippen molar-refractivity contribution in [1.29, 1.82) is 0 Å². The molecule has 27 heavy (non-hydrogen) atoms. The Morgan fingerprint density at radius 3 is 2.41 bits per heavy atom. The van der Waals surface area contributed by atoms with Gasteiger partial charge in [0.2, 0.25) is 10.0 Å². The maximum atomic E-state index is 13.3. The second-order valence-electron chi connectivity index (χ2n) is 6.18. The molecule has 1 aromatic heterocycles. The summed E-state index contributed by atoms with van der Waals surface area (Å²) in [6, 6.07) is 11.0. The SMILES string of the molecule is O=S(=O)(c1ccc(F)c(Cl)c1)N1CCN(c2cnc3ccccc3n2)CC1. The highest BCUT2D eigenvalue weighted by Gasteiger charge is 2.29. The highest BCUT2D eigenvalue weighted by molar-refractivity contribution is 7.89. The maximum absolute atomic E-state index is 13.3. The minimum Gasteiger partial charge on any atom is -0.353 e. The van der Waals surface area contributed by atoms with Crippen molar-refractivity contribution >= 4 is 38.5 Å². The van der Waals surface area contributed by atoms with Gasteiger partial charge in [-0.1, -0.05) is 23.7 Å². The summed E-state index contributed by atoms with van der Waals surface area (Å²) in [6.45, 7) is 1.57. The molecule has 0 saturated carbocycles. The van der Waals surface area contributed by atoms with Crippen LogP contribution in [-0.2, 0) is 10.0 Å². The zero-order valence-electron chi connectivity index (χ0n) is 14.2. The van der Waals surface area contributed by atoms with Gasteiger partial charge in [0, 0.05) is 26.2 Å². The normalized spacial score (nSPS) is 16.0. The van der Waals surface area contributed by atoms with Gasteiger partial charge in [0.15, 0.2) is 0 Å². The van der Waals surface area contributed by atoms with Crippen LogP contribution < -0.4 is 4.90 Å². The molecule has 0 unspecified atom stereocenters. The Bertz CT molecular complexity index is 1100. The molecule has 0 aliphatic carbocycles. The number of hydrogen-bond acceptors (Lipinski definition) is 5. The zero-order valence-corrected chi connectivity index (χ0v) is 15.8. The Morgan fingerprint density at radius 2 is 1.70 bits per heavy atom. The summed E-state index contributed by atoms with van der Waals surface area (Å²) in [4.78, 5) is 11.0. The number of fused-ring (bicyclic) bond motifs is 1. The highest BCUT2D eigenvalue weighted by Crippen LogP contribution is 2.24. The first kappa shape index (κ1) is 18.1. The molecule has 4 rings (SSSR count). The van der Waals surface area contributed by atoms with E-state index in [4.69, 9.17) is 11.6 Å². The van der Waals surface area contributed by atoms with Gasteiger partial charge >= 0.3 is 0 Å². The van der Waals surface area contributed by atoms with Crippen molar-refractivity contribution in [2.45, 2.75) is 4.90 Å². The van der Waals surface area contributed by atoms with Crippen molar-refractivity contribution in [2.24, 2.45) is 0 Å². The molecule has 0 radical (unpaired) electrons. The van der Waals surface area contributed by atoms with Crippen LogP contribution in [0.2, 0.25) is 5.02 Å². The summed E-state index contributed by atoms with van der Waals surface area (Å²) in [5.41, 5.74) is 1.61. The quantitative estimate of drug-likeness (QED) is 0.669. The number of benzene rings is 2. The molecule has 9 heteroatoms. The smallest absolute Gasteiger partial charge is 0.243 e. The lowest BCUT2D eigenvalue weighted by Crippen LogP contribution is -2.49. The minimum atomic E-state index is -3.72. The van der Waals surface area contributed by atoms with Gasteiger partial charge in [-0.25, -0.2) is 17.8 Å². The molecule has 3 aromatic rings. The van der Waals surface area contributed by atoms with Crippen molar-refractivity contribution in [1.82, 2.24) is 14.3 Å². The van der Waals surface area contributed by atoms with E-state index in [2.05, 4.69) is 9.97 Å². The molecule has 140 valence electrons. The van der Waals surface area contributed by atoms with Crippen molar-refractivity contribution in [3.05, 3.63) is 59.5 Å². The number of aromatic nitrogens is 2. The van der Waals surface area contributed by atoms with Gasteiger partial charge in [-0.2, -0.15) is 4.31 Å². The Balaban J connectivity index is 1.51. The number of anilines is 1. The van der Waals surface area contributed by atoms with Crippen molar-refractivity contribution in [3.63, 3.8) is 0 Å². The van der Waals surface area contributed by atoms with E-state index < -0.39 is 15.8 Å². The molecule has 1 aliphatic rings. The fourth-order valence-electron chi connectivity index (χ4n) is 3.04. The monoisotopic (exact) mass is 406 g/mol. The Labute approximate surface area is 161 Å². The summed E-state index contributed by atoms with van der Waals surface area (Å²) in [5.74, 6) is 0.0749. The first-order valence-electron chi connectivity index (χ1n) is 8.37. The van der Waals surface area contributed by atoms with Crippen LogP contribution in [0.5, 0.6) is 0 Å². The van der Waals surface area contributed by atoms with E-state index in [1.807, 2.05) is 29.2 Å². The standard InChI is InChI=1S/C18H16ClFN4O2S/c19-14-11-13(5-6-15(14)20)27(25,26)24-9-7-23(8-10-24)18-12-21-16-3-1-2-4-17(16)22-18/h1-6,11-12H,7-10H2. The van der Waals surface area contributed by atoms with Crippen LogP contribution in [0.25, 0.3) is 11.0 Å². The number of rotatable bonds is 3. The largest absolute Gasteiger partial charge is 0.353 e. The predicted molar refractivity (Wildman–Crippen MR) is 102 cm³/mol. The number of piperazine rings is 1. The van der Waals surface area contributed by atoms with E-state index in [0.717, 1.165) is 29.0 Å². The second-order valence-corrected chi connectivity index (χ2v) is 8.53. The van der Waals surface area contributed by atoms with Crippen molar-refractivity contribution in [3.8, 4) is 0 Å². The van der Waals surface area contributed by atoms with Crippen LogP contribution in [0, 0.1) is 5.82 Å². The highest BCUT2D eigenvalue weighted by atomic mass is 35.5. The van der Waals surface area contributed by atoms with E-state index in [1.54, 1.807) is 6.20 Å². The first-order chi connectivity index (χ1) is 12.9. The van der Waals surface area contributed by atoms with Crippen LogP contribution in [0.3, 0.4) is 0 Å². The average Bonchev–Trinajstić information content (AvgIpc) is 2.69. The molecular formula is C18H16ClFN4O2S. The van der Waals surface area contributed by atoms with Crippen LogP contribution >= 0.6 is 11.6 Å². The third kappa shape index (κ3) is 3.47. The third-order valence-corrected chi connectivity index (χ3v) is 6.71. The minimum absolute atomic E-state index is 0.00662. The zero-order chi connectivity index (χ0) is 19.0. The molecular weight excluding hydrogens is 391 g/mol. The lowest BCUT2D eigenvalue weighted by Gasteiger charge is -2.34. The molecule has 1 aliphatic heterocycles. The van der Waals surface area contributed by atoms with Crippen LogP contribution in [0.1, 0.15) is 0 Å². The number of sulfonamides is 1. The molecule has 0 amide bonds. The van der Waals surface area contributed by atoms with E-state index in [9.17, 15) is 12.8 Å². The molecule has 0 bridgehead atoms. The van der Waals surface area contributed by atoms with Crippen LogP contribution in [0.4, 0.5) is 10.2 Å². The van der Waals surface area contributed by atoms with E-state index in [1.165, 1.54) is 10.4 Å².